The molecule has 0 aromatic carbocycles. The van der Waals surface area contributed by atoms with E-state index < -0.39 is 0 Å². The van der Waals surface area contributed by atoms with E-state index in [1.807, 2.05) is 0 Å². The monoisotopic (exact) mass is 293 g/mol. The van der Waals surface area contributed by atoms with Gasteiger partial charge < -0.3 is 9.64 Å². The Kier molecular flexibility index (Phi) is 4.58. The summed E-state index contributed by atoms with van der Waals surface area (Å²) in [7, 11) is 3.80. The van der Waals surface area contributed by atoms with Crippen molar-refractivity contribution in [2.24, 2.45) is 29.6 Å². The minimum Gasteiger partial charge on any atom is -0.469 e. The Morgan fingerprint density at radius 1 is 1.14 bits per heavy atom. The Morgan fingerprint density at radius 3 is 2.48 bits per heavy atom. The van der Waals surface area contributed by atoms with Crippen molar-refractivity contribution in [1.82, 2.24) is 4.90 Å². The summed E-state index contributed by atoms with van der Waals surface area (Å²) in [5, 5.41) is 0. The first-order valence-corrected chi connectivity index (χ1v) is 8.92. The minimum absolute atomic E-state index is 0.0661. The minimum atomic E-state index is 0.0661. The summed E-state index contributed by atoms with van der Waals surface area (Å²) in [6.45, 7) is 3.41. The summed E-state index contributed by atoms with van der Waals surface area (Å²) in [4.78, 5) is 14.9. The maximum atomic E-state index is 12.4. The molecule has 2 bridgehead atoms. The first-order chi connectivity index (χ1) is 10.1. The van der Waals surface area contributed by atoms with E-state index in [4.69, 9.17) is 4.74 Å². The number of nitrogens with zero attached hydrogens (tertiary/aromatic N) is 1. The summed E-state index contributed by atoms with van der Waals surface area (Å²) in [5.41, 5.74) is 0. The van der Waals surface area contributed by atoms with Gasteiger partial charge in [0.15, 0.2) is 0 Å². The van der Waals surface area contributed by atoms with Gasteiger partial charge in [-0.05, 0) is 56.4 Å². The van der Waals surface area contributed by atoms with E-state index in [1.165, 1.54) is 44.9 Å². The van der Waals surface area contributed by atoms with Crippen LogP contribution < -0.4 is 0 Å². The molecule has 1 heterocycles. The average molecular weight is 293 g/mol. The number of esters is 1. The lowest BCUT2D eigenvalue weighted by Crippen LogP contribution is -2.41. The maximum absolute atomic E-state index is 12.4. The van der Waals surface area contributed by atoms with E-state index in [0.29, 0.717) is 17.9 Å². The third-order valence-corrected chi connectivity index (χ3v) is 6.78. The molecule has 1 saturated heterocycles. The maximum Gasteiger partial charge on any atom is 0.309 e. The second-order valence-corrected chi connectivity index (χ2v) is 7.73. The molecule has 3 aliphatic rings. The van der Waals surface area contributed by atoms with E-state index in [2.05, 4.69) is 18.9 Å². The number of fused-ring (bicyclic) bond motifs is 2. The lowest BCUT2D eigenvalue weighted by molar-refractivity contribution is -0.152. The second-order valence-electron chi connectivity index (χ2n) is 7.73. The van der Waals surface area contributed by atoms with E-state index in [1.54, 1.807) is 7.11 Å². The molecule has 4 atom stereocenters. The molecule has 2 saturated carbocycles. The molecule has 0 amide bonds. The first-order valence-electron chi connectivity index (χ1n) is 8.92. The highest BCUT2D eigenvalue weighted by Gasteiger charge is 2.50. The molecule has 0 aromatic rings. The summed E-state index contributed by atoms with van der Waals surface area (Å²) in [6, 6.07) is 0.713. The zero-order chi connectivity index (χ0) is 15.0. The van der Waals surface area contributed by atoms with Gasteiger partial charge in [0.1, 0.15) is 0 Å². The van der Waals surface area contributed by atoms with E-state index >= 15 is 0 Å². The number of hydrogen-bond donors (Lipinski definition) is 0. The Balaban J connectivity index is 1.74. The van der Waals surface area contributed by atoms with Crippen molar-refractivity contribution in [2.45, 2.75) is 57.9 Å². The molecule has 0 spiro atoms. The number of carbonyl (C=O) groups excluding carboxylic acids is 1. The standard InChI is InChI=1S/C18H31NO2/c1-4-12-5-7-13(8-6-12)16-10-15-9-14(11-19(15)2)17(16)18(20)21-3/h12-17H,4-11H2,1-3H3/t12?,13?,14-,15?,16?,17?/m0/s1. The Bertz CT molecular complexity index is 373. The summed E-state index contributed by atoms with van der Waals surface area (Å²) >= 11 is 0. The molecular weight excluding hydrogens is 262 g/mol. The van der Waals surface area contributed by atoms with Gasteiger partial charge in [0.05, 0.1) is 13.0 Å². The fraction of sp³-hybridized carbons (Fsp3) is 0.944. The predicted molar refractivity (Wildman–Crippen MR) is 83.9 cm³/mol. The Morgan fingerprint density at radius 2 is 1.86 bits per heavy atom. The van der Waals surface area contributed by atoms with Crippen LogP contribution in [0.1, 0.15) is 51.9 Å². The van der Waals surface area contributed by atoms with Crippen LogP contribution in [0.2, 0.25) is 0 Å². The molecule has 0 N–H and O–H groups in total. The van der Waals surface area contributed by atoms with Crippen LogP contribution in [-0.4, -0.2) is 37.6 Å². The van der Waals surface area contributed by atoms with Gasteiger partial charge in [-0.15, -0.1) is 0 Å². The van der Waals surface area contributed by atoms with E-state index in [-0.39, 0.29) is 11.9 Å². The van der Waals surface area contributed by atoms with E-state index in [9.17, 15) is 4.79 Å². The lowest BCUT2D eigenvalue weighted by Gasteiger charge is -2.42. The molecule has 3 rings (SSSR count). The molecule has 120 valence electrons. The number of hydrogen-bond acceptors (Lipinski definition) is 3. The van der Waals surface area contributed by atoms with Crippen molar-refractivity contribution in [3.8, 4) is 0 Å². The fourth-order valence-corrected chi connectivity index (χ4v) is 5.48. The quantitative estimate of drug-likeness (QED) is 0.748. The van der Waals surface area contributed by atoms with E-state index in [0.717, 1.165) is 18.4 Å². The second kappa shape index (κ2) is 6.28. The SMILES string of the molecule is CCC1CCC(C2CC3C[C@@H](CN3C)C2C(=O)OC)CC1. The lowest BCUT2D eigenvalue weighted by atomic mass is 9.63. The van der Waals surface area contributed by atoms with Crippen LogP contribution in [0.5, 0.6) is 0 Å². The van der Waals surface area contributed by atoms with Crippen molar-refractivity contribution in [3.05, 3.63) is 0 Å². The van der Waals surface area contributed by atoms with Gasteiger partial charge in [0.2, 0.25) is 0 Å². The molecule has 3 unspecified atom stereocenters. The smallest absolute Gasteiger partial charge is 0.309 e. The zero-order valence-corrected chi connectivity index (χ0v) is 13.9. The van der Waals surface area contributed by atoms with Gasteiger partial charge >= 0.3 is 5.97 Å². The first kappa shape index (κ1) is 15.3. The number of methoxy groups -OCH3 is 1. The molecule has 21 heavy (non-hydrogen) atoms. The molecule has 3 heteroatoms. The normalized spacial score (nSPS) is 43.8. The van der Waals surface area contributed by atoms with Crippen LogP contribution in [-0.2, 0) is 9.53 Å². The highest BCUT2D eigenvalue weighted by Crippen LogP contribution is 2.49. The molecule has 3 nitrogen and oxygen atoms in total. The number of rotatable bonds is 3. The summed E-state index contributed by atoms with van der Waals surface area (Å²) < 4.78 is 5.18. The summed E-state index contributed by atoms with van der Waals surface area (Å²) in [5.74, 6) is 3.03. The van der Waals surface area contributed by atoms with Crippen LogP contribution in [0, 0.1) is 29.6 Å². The van der Waals surface area contributed by atoms with Crippen molar-refractivity contribution >= 4 is 5.97 Å². The molecule has 0 radical (unpaired) electrons. The summed E-state index contributed by atoms with van der Waals surface area (Å²) in [6.07, 6.45) is 9.16. The van der Waals surface area contributed by atoms with Crippen LogP contribution in [0.15, 0.2) is 0 Å². The van der Waals surface area contributed by atoms with Crippen molar-refractivity contribution in [1.29, 1.82) is 0 Å². The highest BCUT2D eigenvalue weighted by atomic mass is 16.5. The van der Waals surface area contributed by atoms with Gasteiger partial charge in [-0.1, -0.05) is 26.2 Å². The highest BCUT2D eigenvalue weighted by molar-refractivity contribution is 5.73. The molecule has 1 aliphatic heterocycles. The Hall–Kier alpha value is -0.570. The molecular formula is C18H31NO2. The topological polar surface area (TPSA) is 29.5 Å². The van der Waals surface area contributed by atoms with Gasteiger partial charge in [0, 0.05) is 12.6 Å². The largest absolute Gasteiger partial charge is 0.469 e. The van der Waals surface area contributed by atoms with Crippen molar-refractivity contribution < 1.29 is 9.53 Å². The number of likely N-dealkylation sites (tertiary alicyclic amines) is 1. The third-order valence-electron chi connectivity index (χ3n) is 6.78. The third kappa shape index (κ3) is 2.86. The van der Waals surface area contributed by atoms with Gasteiger partial charge in [-0.25, -0.2) is 0 Å². The van der Waals surface area contributed by atoms with Gasteiger partial charge in [0.25, 0.3) is 0 Å². The Labute approximate surface area is 129 Å². The van der Waals surface area contributed by atoms with Crippen molar-refractivity contribution in [3.63, 3.8) is 0 Å². The van der Waals surface area contributed by atoms with Crippen LogP contribution in [0.3, 0.4) is 0 Å². The van der Waals surface area contributed by atoms with Crippen LogP contribution >= 0.6 is 0 Å². The van der Waals surface area contributed by atoms with Crippen LogP contribution in [0.4, 0.5) is 0 Å². The fourth-order valence-electron chi connectivity index (χ4n) is 5.48. The predicted octanol–water partition coefficient (Wildman–Crippen LogP) is 3.33. The van der Waals surface area contributed by atoms with Crippen LogP contribution in [0.25, 0.3) is 0 Å². The van der Waals surface area contributed by atoms with Gasteiger partial charge in [-0.2, -0.15) is 0 Å². The average Bonchev–Trinajstić information content (AvgIpc) is 2.81. The van der Waals surface area contributed by atoms with Gasteiger partial charge in [-0.3, -0.25) is 4.79 Å². The van der Waals surface area contributed by atoms with Crippen molar-refractivity contribution in [2.75, 3.05) is 20.7 Å². The molecule has 0 aromatic heterocycles. The number of ether oxygens (including phenoxy) is 1. The molecule has 3 fully saturated rings. The molecule has 2 aliphatic carbocycles. The zero-order valence-electron chi connectivity index (χ0n) is 13.9. The number of carbonyl (C=O) groups is 1.